The smallest absolute Gasteiger partial charge is 0.142 e. The van der Waals surface area contributed by atoms with Gasteiger partial charge >= 0.3 is 0 Å². The molecule has 1 heterocycles. The first kappa shape index (κ1) is 10.6. The lowest BCUT2D eigenvalue weighted by molar-refractivity contribution is 0.416. The maximum absolute atomic E-state index is 5.95. The second-order valence-corrected chi connectivity index (χ2v) is 4.12. The van der Waals surface area contributed by atoms with E-state index >= 15 is 0 Å². The van der Waals surface area contributed by atoms with E-state index in [0.717, 1.165) is 36.0 Å². The van der Waals surface area contributed by atoms with Gasteiger partial charge in [0.15, 0.2) is 0 Å². The molecule has 15 heavy (non-hydrogen) atoms. The number of ether oxygens (including phenoxy) is 1. The van der Waals surface area contributed by atoms with Crippen molar-refractivity contribution in [3.05, 3.63) is 23.2 Å². The molecule has 0 saturated carbocycles. The average Bonchev–Trinajstić information content (AvgIpc) is 2.71. The van der Waals surface area contributed by atoms with E-state index < -0.39 is 0 Å². The molecule has 3 nitrogen and oxygen atoms in total. The summed E-state index contributed by atoms with van der Waals surface area (Å²) >= 11 is 5.95. The van der Waals surface area contributed by atoms with Crippen LogP contribution in [0.25, 0.3) is 0 Å². The van der Waals surface area contributed by atoms with Gasteiger partial charge in [0.2, 0.25) is 0 Å². The lowest BCUT2D eigenvalue weighted by atomic mass is 10.2. The first-order valence-electron chi connectivity index (χ1n) is 5.10. The van der Waals surface area contributed by atoms with Gasteiger partial charge in [0, 0.05) is 17.6 Å². The molecule has 1 saturated heterocycles. The summed E-state index contributed by atoms with van der Waals surface area (Å²) in [6.07, 6.45) is 1.13. The quantitative estimate of drug-likeness (QED) is 0.829. The van der Waals surface area contributed by atoms with Gasteiger partial charge in [0.1, 0.15) is 5.75 Å². The Morgan fingerprint density at radius 3 is 3.07 bits per heavy atom. The molecule has 1 fully saturated rings. The molecule has 0 amide bonds. The largest absolute Gasteiger partial charge is 0.495 e. The van der Waals surface area contributed by atoms with Gasteiger partial charge in [0.05, 0.1) is 12.8 Å². The fraction of sp³-hybridized carbons (Fsp3) is 0.455. The monoisotopic (exact) mass is 226 g/mol. The molecule has 1 aromatic rings. The number of halogens is 1. The lowest BCUT2D eigenvalue weighted by Crippen LogP contribution is -2.22. The molecule has 1 aliphatic rings. The Hall–Kier alpha value is -0.930. The number of methoxy groups -OCH3 is 1. The Bertz CT molecular complexity index is 337. The van der Waals surface area contributed by atoms with Crippen molar-refractivity contribution in [1.82, 2.24) is 5.32 Å². The Kier molecular flexibility index (Phi) is 3.34. The maximum atomic E-state index is 5.95. The van der Waals surface area contributed by atoms with Crippen LogP contribution in [0.5, 0.6) is 5.75 Å². The van der Waals surface area contributed by atoms with Crippen molar-refractivity contribution in [2.75, 3.05) is 25.5 Å². The minimum Gasteiger partial charge on any atom is -0.495 e. The van der Waals surface area contributed by atoms with Crippen molar-refractivity contribution in [2.24, 2.45) is 0 Å². The van der Waals surface area contributed by atoms with E-state index in [1.165, 1.54) is 0 Å². The minimum atomic E-state index is 0.470. The fourth-order valence-corrected chi connectivity index (χ4v) is 1.96. The van der Waals surface area contributed by atoms with Crippen molar-refractivity contribution in [3.63, 3.8) is 0 Å². The summed E-state index contributed by atoms with van der Waals surface area (Å²) in [7, 11) is 1.67. The highest BCUT2D eigenvalue weighted by Crippen LogP contribution is 2.28. The summed E-state index contributed by atoms with van der Waals surface area (Å²) < 4.78 is 5.27. The van der Waals surface area contributed by atoms with Gasteiger partial charge in [-0.3, -0.25) is 0 Å². The normalized spacial score (nSPS) is 20.3. The third kappa shape index (κ3) is 2.55. The van der Waals surface area contributed by atoms with Gasteiger partial charge < -0.3 is 15.4 Å². The Labute approximate surface area is 94.8 Å². The standard InChI is InChI=1S/C11H15ClN2O/c1-15-11-3-2-8(12)6-10(11)14-9-4-5-13-7-9/h2-3,6,9,13-14H,4-5,7H2,1H3. The van der Waals surface area contributed by atoms with E-state index in [9.17, 15) is 0 Å². The summed E-state index contributed by atoms with van der Waals surface area (Å²) in [6.45, 7) is 2.07. The van der Waals surface area contributed by atoms with Crippen LogP contribution >= 0.6 is 11.6 Å². The van der Waals surface area contributed by atoms with E-state index in [1.807, 2.05) is 18.2 Å². The van der Waals surface area contributed by atoms with Gasteiger partial charge in [-0.25, -0.2) is 0 Å². The van der Waals surface area contributed by atoms with Crippen LogP contribution in [0.3, 0.4) is 0 Å². The first-order valence-corrected chi connectivity index (χ1v) is 5.48. The highest BCUT2D eigenvalue weighted by atomic mass is 35.5. The number of hydrogen-bond donors (Lipinski definition) is 2. The number of hydrogen-bond acceptors (Lipinski definition) is 3. The van der Waals surface area contributed by atoms with E-state index in [1.54, 1.807) is 7.11 Å². The molecule has 2 rings (SSSR count). The molecular formula is C11H15ClN2O. The van der Waals surface area contributed by atoms with Crippen molar-refractivity contribution in [1.29, 1.82) is 0 Å². The summed E-state index contributed by atoms with van der Waals surface area (Å²) in [5, 5.41) is 7.46. The van der Waals surface area contributed by atoms with Crippen molar-refractivity contribution in [3.8, 4) is 5.75 Å². The summed E-state index contributed by atoms with van der Waals surface area (Å²) in [5.74, 6) is 0.839. The zero-order valence-corrected chi connectivity index (χ0v) is 9.47. The van der Waals surface area contributed by atoms with Crippen LogP contribution in [0.4, 0.5) is 5.69 Å². The molecule has 1 atom stereocenters. The first-order chi connectivity index (χ1) is 7.29. The highest BCUT2D eigenvalue weighted by Gasteiger charge is 2.15. The second kappa shape index (κ2) is 4.73. The van der Waals surface area contributed by atoms with Crippen LogP contribution in [-0.2, 0) is 0 Å². The number of nitrogens with one attached hydrogen (secondary N) is 2. The molecular weight excluding hydrogens is 212 g/mol. The van der Waals surface area contributed by atoms with E-state index in [4.69, 9.17) is 16.3 Å². The lowest BCUT2D eigenvalue weighted by Gasteiger charge is -2.16. The van der Waals surface area contributed by atoms with E-state index in [2.05, 4.69) is 10.6 Å². The number of rotatable bonds is 3. The summed E-state index contributed by atoms with van der Waals surface area (Å²) in [6, 6.07) is 6.09. The SMILES string of the molecule is COc1ccc(Cl)cc1NC1CCNC1. The van der Waals surface area contributed by atoms with Gasteiger partial charge in [-0.2, -0.15) is 0 Å². The summed E-state index contributed by atoms with van der Waals surface area (Å²) in [5.41, 5.74) is 0.971. The molecule has 0 aliphatic carbocycles. The van der Waals surface area contributed by atoms with Gasteiger partial charge in [-0.15, -0.1) is 0 Å². The van der Waals surface area contributed by atoms with Crippen molar-refractivity contribution in [2.45, 2.75) is 12.5 Å². The molecule has 0 bridgehead atoms. The Balaban J connectivity index is 2.14. The third-order valence-corrected chi connectivity index (χ3v) is 2.82. The zero-order chi connectivity index (χ0) is 10.7. The number of anilines is 1. The zero-order valence-electron chi connectivity index (χ0n) is 8.72. The topological polar surface area (TPSA) is 33.3 Å². The number of benzene rings is 1. The molecule has 0 aromatic heterocycles. The fourth-order valence-electron chi connectivity index (χ4n) is 1.79. The van der Waals surface area contributed by atoms with Crippen LogP contribution < -0.4 is 15.4 Å². The van der Waals surface area contributed by atoms with E-state index in [-0.39, 0.29) is 0 Å². The second-order valence-electron chi connectivity index (χ2n) is 3.68. The molecule has 1 unspecified atom stereocenters. The summed E-state index contributed by atoms with van der Waals surface area (Å²) in [4.78, 5) is 0. The Morgan fingerprint density at radius 1 is 1.53 bits per heavy atom. The predicted octanol–water partition coefficient (Wildman–Crippen LogP) is 2.12. The average molecular weight is 227 g/mol. The van der Waals surface area contributed by atoms with Crippen LogP contribution in [-0.4, -0.2) is 26.2 Å². The van der Waals surface area contributed by atoms with Crippen LogP contribution in [0, 0.1) is 0 Å². The van der Waals surface area contributed by atoms with Crippen molar-refractivity contribution < 1.29 is 4.74 Å². The van der Waals surface area contributed by atoms with Crippen LogP contribution in [0.15, 0.2) is 18.2 Å². The van der Waals surface area contributed by atoms with Crippen LogP contribution in [0.1, 0.15) is 6.42 Å². The molecule has 82 valence electrons. The molecule has 0 spiro atoms. The minimum absolute atomic E-state index is 0.470. The highest BCUT2D eigenvalue weighted by molar-refractivity contribution is 6.30. The van der Waals surface area contributed by atoms with Crippen molar-refractivity contribution >= 4 is 17.3 Å². The Morgan fingerprint density at radius 2 is 2.40 bits per heavy atom. The van der Waals surface area contributed by atoms with Gasteiger partial charge in [0.25, 0.3) is 0 Å². The van der Waals surface area contributed by atoms with Crippen LogP contribution in [0.2, 0.25) is 5.02 Å². The molecule has 1 aromatic carbocycles. The van der Waals surface area contributed by atoms with Gasteiger partial charge in [-0.1, -0.05) is 11.6 Å². The molecule has 4 heteroatoms. The van der Waals surface area contributed by atoms with Gasteiger partial charge in [-0.05, 0) is 31.2 Å². The van der Waals surface area contributed by atoms with E-state index in [0.29, 0.717) is 6.04 Å². The predicted molar refractivity (Wildman–Crippen MR) is 62.9 cm³/mol. The maximum Gasteiger partial charge on any atom is 0.142 e. The molecule has 0 radical (unpaired) electrons. The molecule has 1 aliphatic heterocycles. The third-order valence-electron chi connectivity index (χ3n) is 2.58. The molecule has 2 N–H and O–H groups in total.